The smallest absolute Gasteiger partial charge is 0.264 e. The first-order valence-electron chi connectivity index (χ1n) is 12.2. The third-order valence-corrected chi connectivity index (χ3v) is 9.00. The zero-order valence-corrected chi connectivity index (χ0v) is 22.8. The number of aromatic amines is 1. The van der Waals surface area contributed by atoms with Crippen molar-refractivity contribution >= 4 is 56.5 Å². The molecule has 0 aliphatic carbocycles. The van der Waals surface area contributed by atoms with Crippen LogP contribution in [0.25, 0.3) is 11.6 Å². The number of aryl methyl sites for hydroxylation is 1. The number of anilines is 2. The van der Waals surface area contributed by atoms with Gasteiger partial charge in [-0.3, -0.25) is 13.9 Å². The number of hydrogen-bond donors (Lipinski definition) is 3. The number of rotatable bonds is 5. The molecular weight excluding hydrogens is 526 g/mol. The lowest BCUT2D eigenvalue weighted by molar-refractivity contribution is -0.110. The number of carbonyl (C=O) groups excluding carboxylic acids is 2. The molecule has 2 aliphatic rings. The highest BCUT2D eigenvalue weighted by Crippen LogP contribution is 2.37. The van der Waals surface area contributed by atoms with Crippen molar-refractivity contribution in [3.05, 3.63) is 75.6 Å². The molecular formula is C27H28ClN5O4S. The number of nitrogens with one attached hydrogen (secondary N) is 3. The number of hydrogen-bond acceptors (Lipinski definition) is 5. The van der Waals surface area contributed by atoms with Crippen molar-refractivity contribution in [3.63, 3.8) is 0 Å². The quantitative estimate of drug-likeness (QED) is 0.417. The summed E-state index contributed by atoms with van der Waals surface area (Å²) in [6, 6.07) is 11.1. The van der Waals surface area contributed by atoms with Crippen molar-refractivity contribution < 1.29 is 18.0 Å². The Morgan fingerprint density at radius 1 is 1.11 bits per heavy atom. The number of fused-ring (bicyclic) bond motifs is 1. The van der Waals surface area contributed by atoms with Gasteiger partial charge in [0.1, 0.15) is 0 Å². The van der Waals surface area contributed by atoms with Gasteiger partial charge in [-0.05, 0) is 61.9 Å². The third-order valence-electron chi connectivity index (χ3n) is 6.99. The average molecular weight is 554 g/mol. The van der Waals surface area contributed by atoms with Crippen molar-refractivity contribution in [2.45, 2.75) is 18.7 Å². The Kier molecular flexibility index (Phi) is 6.81. The zero-order chi connectivity index (χ0) is 27.2. The minimum absolute atomic E-state index is 0.0371. The molecule has 5 rings (SSSR count). The summed E-state index contributed by atoms with van der Waals surface area (Å²) in [6.45, 7) is 6.45. The second-order valence-corrected chi connectivity index (χ2v) is 11.8. The van der Waals surface area contributed by atoms with Crippen LogP contribution in [-0.2, 0) is 14.8 Å². The van der Waals surface area contributed by atoms with Gasteiger partial charge in [0, 0.05) is 60.9 Å². The van der Waals surface area contributed by atoms with Crippen LogP contribution >= 0.6 is 11.6 Å². The first-order chi connectivity index (χ1) is 18.1. The van der Waals surface area contributed by atoms with Gasteiger partial charge in [-0.25, -0.2) is 8.42 Å². The molecule has 0 saturated carbocycles. The predicted octanol–water partition coefficient (Wildman–Crippen LogP) is 3.65. The number of halogens is 1. The molecule has 3 N–H and O–H groups in total. The van der Waals surface area contributed by atoms with E-state index in [0.717, 1.165) is 28.7 Å². The van der Waals surface area contributed by atoms with Crippen LogP contribution in [0.1, 0.15) is 32.9 Å². The van der Waals surface area contributed by atoms with Gasteiger partial charge in [0.2, 0.25) is 0 Å². The fraction of sp³-hybridized carbons (Fsp3) is 0.259. The zero-order valence-electron chi connectivity index (χ0n) is 21.3. The molecule has 38 heavy (non-hydrogen) atoms. The Morgan fingerprint density at radius 2 is 1.84 bits per heavy atom. The fourth-order valence-electron chi connectivity index (χ4n) is 4.85. The molecule has 0 radical (unpaired) electrons. The molecule has 0 unspecified atom stereocenters. The lowest BCUT2D eigenvalue weighted by Crippen LogP contribution is -2.46. The summed E-state index contributed by atoms with van der Waals surface area (Å²) >= 11 is 6.06. The Morgan fingerprint density at radius 3 is 2.55 bits per heavy atom. The number of nitrogens with zero attached hydrogens (tertiary/aromatic N) is 2. The molecule has 1 fully saturated rings. The van der Waals surface area contributed by atoms with Gasteiger partial charge in [-0.1, -0.05) is 17.7 Å². The lowest BCUT2D eigenvalue weighted by atomic mass is 10.0. The third kappa shape index (κ3) is 4.59. The van der Waals surface area contributed by atoms with E-state index in [0.29, 0.717) is 51.9 Å². The minimum atomic E-state index is -3.93. The molecule has 3 aromatic rings. The van der Waals surface area contributed by atoms with Gasteiger partial charge in [-0.2, -0.15) is 0 Å². The van der Waals surface area contributed by atoms with Gasteiger partial charge in [-0.15, -0.1) is 0 Å². The Hall–Kier alpha value is -3.60. The number of H-pyrrole nitrogens is 1. The molecule has 1 saturated heterocycles. The van der Waals surface area contributed by atoms with E-state index in [4.69, 9.17) is 11.6 Å². The molecule has 1 aromatic heterocycles. The maximum absolute atomic E-state index is 13.4. The first-order valence-corrected chi connectivity index (χ1v) is 14.0. The summed E-state index contributed by atoms with van der Waals surface area (Å²) in [5.41, 5.74) is 4.40. The van der Waals surface area contributed by atoms with Crippen LogP contribution < -0.4 is 14.9 Å². The summed E-state index contributed by atoms with van der Waals surface area (Å²) in [5.74, 6) is -0.393. The summed E-state index contributed by atoms with van der Waals surface area (Å²) in [4.78, 5) is 31.2. The van der Waals surface area contributed by atoms with Crippen LogP contribution in [-0.4, -0.2) is 63.3 Å². The molecule has 2 aliphatic heterocycles. The maximum Gasteiger partial charge on any atom is 0.264 e. The number of aromatic nitrogens is 1. The predicted molar refractivity (Wildman–Crippen MR) is 149 cm³/mol. The maximum atomic E-state index is 13.4. The van der Waals surface area contributed by atoms with E-state index in [-0.39, 0.29) is 16.7 Å². The second kappa shape index (κ2) is 9.94. The van der Waals surface area contributed by atoms with Crippen LogP contribution in [0.3, 0.4) is 0 Å². The first kappa shape index (κ1) is 26.0. The van der Waals surface area contributed by atoms with Gasteiger partial charge < -0.3 is 20.5 Å². The normalized spacial score (nSPS) is 16.5. The molecule has 11 heteroatoms. The largest absolute Gasteiger partial charge is 0.358 e. The van der Waals surface area contributed by atoms with Crippen LogP contribution in [0.15, 0.2) is 47.4 Å². The van der Waals surface area contributed by atoms with Gasteiger partial charge in [0.05, 0.1) is 21.7 Å². The van der Waals surface area contributed by atoms with E-state index in [1.807, 2.05) is 18.7 Å². The number of benzene rings is 2. The molecule has 2 aromatic carbocycles. The van der Waals surface area contributed by atoms with E-state index < -0.39 is 10.0 Å². The lowest BCUT2D eigenvalue weighted by Gasteiger charge is -2.27. The van der Waals surface area contributed by atoms with E-state index in [9.17, 15) is 18.0 Å². The average Bonchev–Trinajstić information content (AvgIpc) is 3.37. The number of carbonyl (C=O) groups is 2. The van der Waals surface area contributed by atoms with Crippen molar-refractivity contribution in [1.29, 1.82) is 0 Å². The van der Waals surface area contributed by atoms with Crippen molar-refractivity contribution in [1.82, 2.24) is 15.2 Å². The number of piperazine rings is 1. The van der Waals surface area contributed by atoms with Crippen LogP contribution in [0.5, 0.6) is 0 Å². The Bertz CT molecular complexity index is 1590. The van der Waals surface area contributed by atoms with E-state index in [1.54, 1.807) is 36.4 Å². The molecule has 0 bridgehead atoms. The fourth-order valence-corrected chi connectivity index (χ4v) is 6.25. The molecule has 2 amide bonds. The Labute approximate surface area is 226 Å². The number of amides is 2. The molecule has 0 spiro atoms. The minimum Gasteiger partial charge on any atom is -0.358 e. The summed E-state index contributed by atoms with van der Waals surface area (Å²) < 4.78 is 28.0. The highest BCUT2D eigenvalue weighted by atomic mass is 35.5. The summed E-state index contributed by atoms with van der Waals surface area (Å²) in [6.07, 6.45) is 1.68. The van der Waals surface area contributed by atoms with Crippen molar-refractivity contribution in [2.75, 3.05) is 42.8 Å². The van der Waals surface area contributed by atoms with Gasteiger partial charge in [0.15, 0.2) is 0 Å². The molecule has 0 atom stereocenters. The summed E-state index contributed by atoms with van der Waals surface area (Å²) in [5, 5.41) is 6.47. The SMILES string of the molecule is Cc1[nH]c(/C=C2\C(=O)Nc3ccc(S(=O)(=O)N(C)c4cccc(Cl)c4)cc32)c(C)c1C(=O)N1CCNCC1. The Balaban J connectivity index is 1.51. The highest BCUT2D eigenvalue weighted by molar-refractivity contribution is 7.92. The molecule has 198 valence electrons. The van der Waals surface area contributed by atoms with Crippen LogP contribution in [0.4, 0.5) is 11.4 Å². The second-order valence-electron chi connectivity index (χ2n) is 9.38. The highest BCUT2D eigenvalue weighted by Gasteiger charge is 2.30. The van der Waals surface area contributed by atoms with E-state index in [1.165, 1.54) is 19.2 Å². The van der Waals surface area contributed by atoms with Crippen molar-refractivity contribution in [3.8, 4) is 0 Å². The van der Waals surface area contributed by atoms with E-state index >= 15 is 0 Å². The van der Waals surface area contributed by atoms with Gasteiger partial charge in [0.25, 0.3) is 21.8 Å². The molecule has 3 heterocycles. The molecule has 9 nitrogen and oxygen atoms in total. The van der Waals surface area contributed by atoms with Crippen molar-refractivity contribution in [2.24, 2.45) is 0 Å². The summed E-state index contributed by atoms with van der Waals surface area (Å²) in [7, 11) is -2.48. The van der Waals surface area contributed by atoms with Gasteiger partial charge >= 0.3 is 0 Å². The topological polar surface area (TPSA) is 115 Å². The number of sulfonamides is 1. The van der Waals surface area contributed by atoms with Crippen LogP contribution in [0.2, 0.25) is 5.02 Å². The standard InChI is InChI=1S/C27H28ClN5O4S/c1-16-24(30-17(2)25(16)27(35)33-11-9-29-10-12-33)15-22-21-14-20(7-8-23(21)31-26(22)34)38(36,37)32(3)19-6-4-5-18(28)13-19/h4-8,13-15,29-30H,9-12H2,1-3H3,(H,31,34)/b22-15-. The van der Waals surface area contributed by atoms with Crippen LogP contribution in [0, 0.1) is 13.8 Å². The monoisotopic (exact) mass is 553 g/mol. The van der Waals surface area contributed by atoms with E-state index in [2.05, 4.69) is 15.6 Å².